The summed E-state index contributed by atoms with van der Waals surface area (Å²) in [5.74, 6) is -5.23. The van der Waals surface area contributed by atoms with E-state index < -0.39 is 17.7 Å². The van der Waals surface area contributed by atoms with Gasteiger partial charge in [0.25, 0.3) is 5.91 Å². The third-order valence-corrected chi connectivity index (χ3v) is 2.75. The van der Waals surface area contributed by atoms with Crippen LogP contribution in [0.2, 0.25) is 0 Å². The van der Waals surface area contributed by atoms with Gasteiger partial charge in [-0.2, -0.15) is 8.78 Å². The number of nitrogens with zero attached hydrogens (tertiary/aromatic N) is 1. The summed E-state index contributed by atoms with van der Waals surface area (Å²) in [4.78, 5) is 12.5. The largest absolute Gasteiger partial charge is 0.334 e. The Bertz CT molecular complexity index is 240. The lowest BCUT2D eigenvalue weighted by molar-refractivity contribution is -0.151. The van der Waals surface area contributed by atoms with Crippen molar-refractivity contribution in [1.29, 1.82) is 0 Å². The molecule has 0 spiro atoms. The lowest BCUT2D eigenvalue weighted by Crippen LogP contribution is -2.37. The van der Waals surface area contributed by atoms with Crippen LogP contribution in [0.5, 0.6) is 0 Å². The Hall–Kier alpha value is -0.710. The zero-order valence-electron chi connectivity index (χ0n) is 7.17. The van der Waals surface area contributed by atoms with Crippen LogP contribution >= 0.6 is 0 Å². The molecule has 1 aliphatic carbocycles. The molecule has 2 N–H and O–H groups in total. The molecule has 3 nitrogen and oxygen atoms in total. The minimum Gasteiger partial charge on any atom is -0.334 e. The zero-order chi connectivity index (χ0) is 9.64. The number of alkyl halides is 2. The van der Waals surface area contributed by atoms with Crippen LogP contribution in [0.1, 0.15) is 12.8 Å². The summed E-state index contributed by atoms with van der Waals surface area (Å²) < 4.78 is 26.3. The van der Waals surface area contributed by atoms with Crippen LogP contribution in [-0.4, -0.2) is 35.9 Å². The molecular weight excluding hydrogens is 178 g/mol. The van der Waals surface area contributed by atoms with Crippen molar-refractivity contribution in [3.8, 4) is 0 Å². The smallest absolute Gasteiger partial charge is 0.330 e. The first-order valence-corrected chi connectivity index (χ1v) is 4.46. The number of nitrogens with two attached hydrogens (primary N) is 1. The van der Waals surface area contributed by atoms with Crippen LogP contribution < -0.4 is 5.73 Å². The maximum Gasteiger partial charge on any atom is 0.330 e. The quantitative estimate of drug-likeness (QED) is 0.676. The van der Waals surface area contributed by atoms with Gasteiger partial charge in [-0.05, 0) is 12.8 Å². The molecule has 0 radical (unpaired) electrons. The summed E-state index contributed by atoms with van der Waals surface area (Å²) >= 11 is 0. The van der Waals surface area contributed by atoms with Crippen molar-refractivity contribution >= 4 is 5.91 Å². The molecule has 74 valence electrons. The average molecular weight is 190 g/mol. The Morgan fingerprint density at radius 3 is 2.54 bits per heavy atom. The van der Waals surface area contributed by atoms with E-state index in [1.54, 1.807) is 0 Å². The molecule has 2 rings (SSSR count). The number of halogens is 2. The maximum absolute atomic E-state index is 13.2. The van der Waals surface area contributed by atoms with E-state index in [9.17, 15) is 13.6 Å². The molecule has 1 saturated heterocycles. The second-order valence-corrected chi connectivity index (χ2v) is 3.74. The molecule has 2 aliphatic rings. The van der Waals surface area contributed by atoms with E-state index in [4.69, 9.17) is 5.73 Å². The molecule has 1 heterocycles. The molecule has 0 aromatic heterocycles. The van der Waals surface area contributed by atoms with E-state index in [1.807, 2.05) is 0 Å². The first-order chi connectivity index (χ1) is 6.07. The zero-order valence-corrected chi connectivity index (χ0v) is 7.17. The van der Waals surface area contributed by atoms with Crippen molar-refractivity contribution in [3.05, 3.63) is 0 Å². The summed E-state index contributed by atoms with van der Waals surface area (Å²) in [6.07, 6.45) is 1.72. The SMILES string of the molecule is NC[C@@H]1CN(C2CC2)C(=O)C1(F)F. The summed E-state index contributed by atoms with van der Waals surface area (Å²) in [7, 11) is 0. The Balaban J connectivity index is 2.16. The van der Waals surface area contributed by atoms with Crippen LogP contribution in [0, 0.1) is 5.92 Å². The summed E-state index contributed by atoms with van der Waals surface area (Å²) in [6.45, 7) is 0.00889. The predicted molar refractivity (Wildman–Crippen MR) is 42.2 cm³/mol. The number of likely N-dealkylation sites (tertiary alicyclic amines) is 1. The standard InChI is InChI=1S/C8H12F2N2O/c9-8(10)5(3-11)4-12(7(8)13)6-1-2-6/h5-6H,1-4,11H2/t5-/m1/s1. The summed E-state index contributed by atoms with van der Waals surface area (Å²) in [5.41, 5.74) is 5.20. The molecule has 5 heteroatoms. The lowest BCUT2D eigenvalue weighted by atomic mass is 10.1. The van der Waals surface area contributed by atoms with Gasteiger partial charge in [-0.25, -0.2) is 0 Å². The van der Waals surface area contributed by atoms with Gasteiger partial charge in [0.15, 0.2) is 0 Å². The Labute approximate surface area is 74.9 Å². The van der Waals surface area contributed by atoms with Gasteiger partial charge in [0.1, 0.15) is 0 Å². The highest BCUT2D eigenvalue weighted by molar-refractivity contribution is 5.86. The second kappa shape index (κ2) is 2.64. The highest BCUT2D eigenvalue weighted by Crippen LogP contribution is 2.39. The molecule has 1 saturated carbocycles. The number of hydrogen-bond acceptors (Lipinski definition) is 2. The Morgan fingerprint density at radius 2 is 2.15 bits per heavy atom. The van der Waals surface area contributed by atoms with Crippen molar-refractivity contribution in [2.45, 2.75) is 24.8 Å². The number of hydrogen-bond donors (Lipinski definition) is 1. The first kappa shape index (κ1) is 8.87. The van der Waals surface area contributed by atoms with Crippen molar-refractivity contribution in [1.82, 2.24) is 4.90 Å². The lowest BCUT2D eigenvalue weighted by Gasteiger charge is -2.14. The van der Waals surface area contributed by atoms with Gasteiger partial charge in [-0.3, -0.25) is 4.79 Å². The maximum atomic E-state index is 13.2. The van der Waals surface area contributed by atoms with E-state index in [2.05, 4.69) is 0 Å². The number of amides is 1. The fourth-order valence-electron chi connectivity index (χ4n) is 1.72. The predicted octanol–water partition coefficient (Wildman–Crippen LogP) is 0.201. The van der Waals surface area contributed by atoms with Gasteiger partial charge in [-0.15, -0.1) is 0 Å². The number of carbonyl (C=O) groups is 1. The number of rotatable bonds is 2. The minimum absolute atomic E-state index is 0.0647. The van der Waals surface area contributed by atoms with Gasteiger partial charge in [0, 0.05) is 19.1 Å². The Morgan fingerprint density at radius 1 is 1.54 bits per heavy atom. The molecule has 13 heavy (non-hydrogen) atoms. The van der Waals surface area contributed by atoms with E-state index in [0.29, 0.717) is 0 Å². The van der Waals surface area contributed by atoms with E-state index in [-0.39, 0.29) is 19.1 Å². The van der Waals surface area contributed by atoms with Gasteiger partial charge in [0.2, 0.25) is 0 Å². The Kier molecular flexibility index (Phi) is 1.80. The van der Waals surface area contributed by atoms with Crippen LogP contribution in [-0.2, 0) is 4.79 Å². The second-order valence-electron chi connectivity index (χ2n) is 3.74. The highest BCUT2D eigenvalue weighted by Gasteiger charge is 2.58. The van der Waals surface area contributed by atoms with E-state index >= 15 is 0 Å². The summed E-state index contributed by atoms with van der Waals surface area (Å²) in [5, 5.41) is 0. The monoisotopic (exact) mass is 190 g/mol. The molecule has 0 bridgehead atoms. The van der Waals surface area contributed by atoms with Crippen molar-refractivity contribution in [2.75, 3.05) is 13.1 Å². The fraction of sp³-hybridized carbons (Fsp3) is 0.875. The van der Waals surface area contributed by atoms with Gasteiger partial charge in [-0.1, -0.05) is 0 Å². The van der Waals surface area contributed by atoms with E-state index in [0.717, 1.165) is 12.8 Å². The molecular formula is C8H12F2N2O. The van der Waals surface area contributed by atoms with E-state index in [1.165, 1.54) is 4.90 Å². The molecule has 1 amide bonds. The van der Waals surface area contributed by atoms with Crippen molar-refractivity contribution < 1.29 is 13.6 Å². The van der Waals surface area contributed by atoms with Crippen LogP contribution in [0.25, 0.3) is 0 Å². The molecule has 0 aromatic carbocycles. The molecule has 0 unspecified atom stereocenters. The van der Waals surface area contributed by atoms with Gasteiger partial charge < -0.3 is 10.6 Å². The molecule has 0 aromatic rings. The highest BCUT2D eigenvalue weighted by atomic mass is 19.3. The summed E-state index contributed by atoms with van der Waals surface area (Å²) in [6, 6.07) is 0.0647. The first-order valence-electron chi connectivity index (χ1n) is 4.46. The fourth-order valence-corrected chi connectivity index (χ4v) is 1.72. The molecule has 1 aliphatic heterocycles. The van der Waals surface area contributed by atoms with Crippen LogP contribution in [0.4, 0.5) is 8.78 Å². The normalized spacial score (nSPS) is 32.7. The third-order valence-electron chi connectivity index (χ3n) is 2.75. The molecule has 2 fully saturated rings. The third kappa shape index (κ3) is 1.22. The van der Waals surface area contributed by atoms with Crippen molar-refractivity contribution in [2.24, 2.45) is 11.7 Å². The van der Waals surface area contributed by atoms with Crippen LogP contribution in [0.15, 0.2) is 0 Å². The van der Waals surface area contributed by atoms with Crippen LogP contribution in [0.3, 0.4) is 0 Å². The average Bonchev–Trinajstić information content (AvgIpc) is 2.85. The topological polar surface area (TPSA) is 46.3 Å². The van der Waals surface area contributed by atoms with Gasteiger partial charge >= 0.3 is 5.92 Å². The number of carbonyl (C=O) groups excluding carboxylic acids is 1. The molecule has 1 atom stereocenters. The van der Waals surface area contributed by atoms with Gasteiger partial charge in [0.05, 0.1) is 5.92 Å². The van der Waals surface area contributed by atoms with Crippen molar-refractivity contribution in [3.63, 3.8) is 0 Å². The minimum atomic E-state index is -3.22.